The Bertz CT molecular complexity index is 1020. The summed E-state index contributed by atoms with van der Waals surface area (Å²) in [5, 5.41) is 11.3. The molecular formula is C23H28N4O5S. The van der Waals surface area contributed by atoms with E-state index in [4.69, 9.17) is 18.6 Å². The van der Waals surface area contributed by atoms with Gasteiger partial charge in [-0.05, 0) is 30.7 Å². The highest BCUT2D eigenvalue weighted by atomic mass is 32.2. The molecule has 3 rings (SSSR count). The van der Waals surface area contributed by atoms with Crippen LogP contribution in [0, 0.1) is 0 Å². The monoisotopic (exact) mass is 472 g/mol. The summed E-state index contributed by atoms with van der Waals surface area (Å²) in [4.78, 5) is 14.3. The van der Waals surface area contributed by atoms with E-state index in [1.165, 1.54) is 33.1 Å². The Hall–Kier alpha value is -3.40. The van der Waals surface area contributed by atoms with Crippen LogP contribution in [-0.2, 0) is 4.79 Å². The molecule has 0 spiro atoms. The number of anilines is 1. The zero-order chi connectivity index (χ0) is 23.6. The second kappa shape index (κ2) is 12.0. The number of methoxy groups -OCH3 is 3. The van der Waals surface area contributed by atoms with E-state index >= 15 is 0 Å². The first-order valence-electron chi connectivity index (χ1n) is 10.3. The van der Waals surface area contributed by atoms with E-state index in [0.29, 0.717) is 40.5 Å². The zero-order valence-electron chi connectivity index (χ0n) is 19.2. The molecule has 1 amide bonds. The molecule has 33 heavy (non-hydrogen) atoms. The van der Waals surface area contributed by atoms with Crippen LogP contribution >= 0.6 is 11.8 Å². The molecule has 1 heterocycles. The first-order chi connectivity index (χ1) is 16.0. The van der Waals surface area contributed by atoms with Crippen LogP contribution in [0.1, 0.15) is 6.42 Å². The van der Waals surface area contributed by atoms with Crippen LogP contribution in [-0.4, -0.2) is 63.3 Å². The number of benzene rings is 2. The van der Waals surface area contributed by atoms with Crippen molar-refractivity contribution in [1.82, 2.24) is 15.5 Å². The Labute approximate surface area is 197 Å². The van der Waals surface area contributed by atoms with E-state index in [2.05, 4.69) is 32.5 Å². The summed E-state index contributed by atoms with van der Waals surface area (Å²) in [6, 6.07) is 13.6. The predicted octanol–water partition coefficient (Wildman–Crippen LogP) is 3.50. The molecule has 0 aliphatic rings. The molecule has 2 aromatic carbocycles. The number of carbonyl (C=O) groups excluding carboxylic acids is 1. The molecule has 1 N–H and O–H groups in total. The normalized spacial score (nSPS) is 10.5. The third-order valence-electron chi connectivity index (χ3n) is 4.83. The van der Waals surface area contributed by atoms with Crippen molar-refractivity contribution in [3.05, 3.63) is 42.5 Å². The summed E-state index contributed by atoms with van der Waals surface area (Å²) in [5.41, 5.74) is 1.77. The third kappa shape index (κ3) is 6.55. The highest BCUT2D eigenvalue weighted by Gasteiger charge is 2.18. The lowest BCUT2D eigenvalue weighted by Crippen LogP contribution is -2.29. The van der Waals surface area contributed by atoms with E-state index in [1.54, 1.807) is 12.1 Å². The van der Waals surface area contributed by atoms with Gasteiger partial charge in [-0.2, -0.15) is 0 Å². The number of ether oxygens (including phenoxy) is 3. The van der Waals surface area contributed by atoms with Crippen molar-refractivity contribution < 1.29 is 23.4 Å². The van der Waals surface area contributed by atoms with Gasteiger partial charge >= 0.3 is 0 Å². The van der Waals surface area contributed by atoms with E-state index in [1.807, 2.05) is 25.2 Å². The van der Waals surface area contributed by atoms with Crippen LogP contribution in [0.15, 0.2) is 52.1 Å². The highest BCUT2D eigenvalue weighted by molar-refractivity contribution is 7.99. The summed E-state index contributed by atoms with van der Waals surface area (Å²) >= 11 is 1.18. The largest absolute Gasteiger partial charge is 0.493 e. The quantitative estimate of drug-likeness (QED) is 0.314. The molecule has 0 unspecified atom stereocenters. The van der Waals surface area contributed by atoms with E-state index < -0.39 is 0 Å². The Balaban J connectivity index is 1.47. The summed E-state index contributed by atoms with van der Waals surface area (Å²) in [5.74, 6) is 1.83. The number of hydrogen-bond acceptors (Lipinski definition) is 9. The highest BCUT2D eigenvalue weighted by Crippen LogP contribution is 2.41. The number of thioether (sulfide) groups is 1. The molecule has 176 valence electrons. The Kier molecular flexibility index (Phi) is 8.82. The summed E-state index contributed by atoms with van der Waals surface area (Å²) < 4.78 is 21.7. The number of para-hydroxylation sites is 1. The first-order valence-corrected chi connectivity index (χ1v) is 11.3. The minimum Gasteiger partial charge on any atom is -0.493 e. The second-order valence-electron chi connectivity index (χ2n) is 7.04. The Morgan fingerprint density at radius 1 is 1.06 bits per heavy atom. The molecule has 3 aromatic rings. The maximum Gasteiger partial charge on any atom is 0.277 e. The average Bonchev–Trinajstić information content (AvgIpc) is 3.34. The summed E-state index contributed by atoms with van der Waals surface area (Å²) in [6.45, 7) is 1.44. The summed E-state index contributed by atoms with van der Waals surface area (Å²) in [7, 11) is 6.64. The number of amides is 1. The molecule has 10 heteroatoms. The van der Waals surface area contributed by atoms with Gasteiger partial charge in [-0.15, -0.1) is 10.2 Å². The van der Waals surface area contributed by atoms with Crippen molar-refractivity contribution in [2.45, 2.75) is 11.6 Å². The fraction of sp³-hybridized carbons (Fsp3) is 0.348. The number of nitrogens with zero attached hydrogens (tertiary/aromatic N) is 3. The van der Waals surface area contributed by atoms with Gasteiger partial charge < -0.3 is 28.8 Å². The van der Waals surface area contributed by atoms with Gasteiger partial charge in [0, 0.05) is 31.4 Å². The molecule has 0 atom stereocenters. The lowest BCUT2D eigenvalue weighted by molar-refractivity contribution is -0.118. The molecule has 0 aliphatic heterocycles. The van der Waals surface area contributed by atoms with E-state index in [-0.39, 0.29) is 11.7 Å². The molecule has 0 radical (unpaired) electrons. The van der Waals surface area contributed by atoms with Crippen LogP contribution < -0.4 is 24.4 Å². The van der Waals surface area contributed by atoms with Gasteiger partial charge in [-0.3, -0.25) is 4.79 Å². The molecule has 0 saturated heterocycles. The van der Waals surface area contributed by atoms with Crippen molar-refractivity contribution in [2.24, 2.45) is 0 Å². The smallest absolute Gasteiger partial charge is 0.277 e. The van der Waals surface area contributed by atoms with Crippen molar-refractivity contribution in [3.63, 3.8) is 0 Å². The summed E-state index contributed by atoms with van der Waals surface area (Å²) in [6.07, 6.45) is 0.841. The van der Waals surface area contributed by atoms with Crippen molar-refractivity contribution >= 4 is 23.4 Å². The van der Waals surface area contributed by atoms with Crippen molar-refractivity contribution in [2.75, 3.05) is 52.1 Å². The molecular weight excluding hydrogens is 444 g/mol. The number of rotatable bonds is 12. The fourth-order valence-corrected chi connectivity index (χ4v) is 3.72. The lowest BCUT2D eigenvalue weighted by atomic mass is 10.2. The topological polar surface area (TPSA) is 99.0 Å². The van der Waals surface area contributed by atoms with E-state index in [0.717, 1.165) is 18.7 Å². The van der Waals surface area contributed by atoms with Crippen molar-refractivity contribution in [1.29, 1.82) is 0 Å². The maximum atomic E-state index is 12.2. The second-order valence-corrected chi connectivity index (χ2v) is 7.96. The van der Waals surface area contributed by atoms with Crippen molar-refractivity contribution in [3.8, 4) is 28.7 Å². The van der Waals surface area contributed by atoms with Gasteiger partial charge in [-0.1, -0.05) is 30.0 Å². The standard InChI is InChI=1S/C23H28N4O5S/c1-27(17-9-6-5-7-10-17)12-8-11-24-20(28)15-33-23-26-25-22(32-23)16-13-18(29-2)21(31-4)19(14-16)30-3/h5-7,9-10,13-14H,8,11-12,15H2,1-4H3,(H,24,28). The van der Waals surface area contributed by atoms with Gasteiger partial charge in [-0.25, -0.2) is 0 Å². The van der Waals surface area contributed by atoms with Crippen LogP contribution in [0.2, 0.25) is 0 Å². The van der Waals surface area contributed by atoms with Crippen LogP contribution in [0.3, 0.4) is 0 Å². The van der Waals surface area contributed by atoms with Gasteiger partial charge in [0.05, 0.1) is 27.1 Å². The van der Waals surface area contributed by atoms with Crippen LogP contribution in [0.4, 0.5) is 5.69 Å². The van der Waals surface area contributed by atoms with Crippen LogP contribution in [0.5, 0.6) is 17.2 Å². The fourth-order valence-electron chi connectivity index (χ4n) is 3.12. The third-order valence-corrected chi connectivity index (χ3v) is 5.65. The molecule has 0 bridgehead atoms. The Morgan fingerprint density at radius 2 is 1.76 bits per heavy atom. The molecule has 0 saturated carbocycles. The first kappa shape index (κ1) is 24.2. The van der Waals surface area contributed by atoms with Gasteiger partial charge in [0.25, 0.3) is 5.22 Å². The Morgan fingerprint density at radius 3 is 2.39 bits per heavy atom. The van der Waals surface area contributed by atoms with Gasteiger partial charge in [0.1, 0.15) is 0 Å². The minimum atomic E-state index is -0.0881. The molecule has 0 aliphatic carbocycles. The predicted molar refractivity (Wildman–Crippen MR) is 127 cm³/mol. The molecule has 0 fully saturated rings. The van der Waals surface area contributed by atoms with E-state index in [9.17, 15) is 4.79 Å². The SMILES string of the molecule is COc1cc(-c2nnc(SCC(=O)NCCCN(C)c3ccccc3)o2)cc(OC)c1OC. The van der Waals surface area contributed by atoms with Gasteiger partial charge in [0.15, 0.2) is 11.5 Å². The molecule has 9 nitrogen and oxygen atoms in total. The van der Waals surface area contributed by atoms with Crippen LogP contribution in [0.25, 0.3) is 11.5 Å². The molecule has 1 aromatic heterocycles. The lowest BCUT2D eigenvalue weighted by Gasteiger charge is -2.19. The number of nitrogens with one attached hydrogen (secondary N) is 1. The number of aromatic nitrogens is 2. The number of hydrogen-bond donors (Lipinski definition) is 1. The minimum absolute atomic E-state index is 0.0881. The zero-order valence-corrected chi connectivity index (χ0v) is 20.0. The number of carbonyl (C=O) groups is 1. The maximum absolute atomic E-state index is 12.2. The van der Waals surface area contributed by atoms with Gasteiger partial charge in [0.2, 0.25) is 17.5 Å². The average molecular weight is 473 g/mol.